The summed E-state index contributed by atoms with van der Waals surface area (Å²) in [7, 11) is 0. The third-order valence-corrected chi connectivity index (χ3v) is 5.56. The first-order chi connectivity index (χ1) is 7.97. The van der Waals surface area contributed by atoms with Crippen LogP contribution in [0.15, 0.2) is 0 Å². The average molecular weight is 237 g/mol. The van der Waals surface area contributed by atoms with Gasteiger partial charge in [0.25, 0.3) is 0 Å². The number of aliphatic hydroxyl groups excluding tert-OH is 1. The standard InChI is InChI=1S/C13H19NO3/c1-5(2)14-12(16)8-6-4-7-9(8)13(14,3)17-11(7)10(6)15/h5-11,15H,4H2,1-3H3/t6-,7-,8-,9-,10-,11+,13-/m1/s1. The maximum absolute atomic E-state index is 12.5. The van der Waals surface area contributed by atoms with Crippen molar-refractivity contribution in [1.29, 1.82) is 0 Å². The minimum Gasteiger partial charge on any atom is -0.390 e. The number of fused-ring (bicyclic) bond motifs is 2. The minimum atomic E-state index is -0.461. The summed E-state index contributed by atoms with van der Waals surface area (Å²) in [5.41, 5.74) is -0.461. The number of rotatable bonds is 1. The number of likely N-dealkylation sites (tertiary alicyclic amines) is 1. The molecule has 2 saturated carbocycles. The van der Waals surface area contributed by atoms with Crippen molar-refractivity contribution in [2.24, 2.45) is 23.7 Å². The van der Waals surface area contributed by atoms with Gasteiger partial charge in [-0.05, 0) is 39.0 Å². The summed E-state index contributed by atoms with van der Waals surface area (Å²) in [6.45, 7) is 6.13. The van der Waals surface area contributed by atoms with E-state index in [4.69, 9.17) is 4.74 Å². The van der Waals surface area contributed by atoms with E-state index in [-0.39, 0.29) is 29.9 Å². The predicted octanol–water partition coefficient (Wildman–Crippen LogP) is 0.595. The number of carbonyl (C=O) groups excluding carboxylic acids is 1. The minimum absolute atomic E-state index is 0.0150. The molecule has 1 amide bonds. The fourth-order valence-corrected chi connectivity index (χ4v) is 5.27. The molecule has 94 valence electrons. The number of nitrogens with zero attached hydrogens (tertiary/aromatic N) is 1. The topological polar surface area (TPSA) is 49.8 Å². The molecule has 4 fully saturated rings. The third-order valence-electron chi connectivity index (χ3n) is 5.56. The molecule has 0 aromatic carbocycles. The monoisotopic (exact) mass is 237 g/mol. The van der Waals surface area contributed by atoms with Crippen LogP contribution in [0.1, 0.15) is 27.2 Å². The lowest BCUT2D eigenvalue weighted by molar-refractivity contribution is -0.177. The Morgan fingerprint density at radius 2 is 2.18 bits per heavy atom. The first kappa shape index (κ1) is 10.3. The predicted molar refractivity (Wildman–Crippen MR) is 59.8 cm³/mol. The second kappa shape index (κ2) is 2.69. The lowest BCUT2D eigenvalue weighted by Crippen LogP contribution is -2.52. The Morgan fingerprint density at radius 3 is 2.82 bits per heavy atom. The van der Waals surface area contributed by atoms with Gasteiger partial charge in [0.1, 0.15) is 5.72 Å². The van der Waals surface area contributed by atoms with Crippen molar-refractivity contribution in [1.82, 2.24) is 4.90 Å². The zero-order chi connectivity index (χ0) is 12.1. The molecular formula is C13H19NO3. The summed E-state index contributed by atoms with van der Waals surface area (Å²) >= 11 is 0. The van der Waals surface area contributed by atoms with Gasteiger partial charge in [-0.2, -0.15) is 0 Å². The van der Waals surface area contributed by atoms with E-state index in [1.165, 1.54) is 0 Å². The van der Waals surface area contributed by atoms with E-state index in [0.717, 1.165) is 6.42 Å². The second-order valence-electron chi connectivity index (χ2n) is 6.54. The summed E-state index contributed by atoms with van der Waals surface area (Å²) < 4.78 is 6.13. The van der Waals surface area contributed by atoms with Crippen LogP contribution in [0.4, 0.5) is 0 Å². The summed E-state index contributed by atoms with van der Waals surface area (Å²) in [5, 5.41) is 10.2. The number of hydrogen-bond donors (Lipinski definition) is 1. The molecule has 0 aromatic rings. The average Bonchev–Trinajstić information content (AvgIpc) is 2.84. The lowest BCUT2D eigenvalue weighted by Gasteiger charge is -2.38. The number of hydrogen-bond acceptors (Lipinski definition) is 3. The number of ether oxygens (including phenoxy) is 1. The van der Waals surface area contributed by atoms with E-state index in [1.54, 1.807) is 0 Å². The van der Waals surface area contributed by atoms with Gasteiger partial charge < -0.3 is 14.7 Å². The molecule has 0 spiro atoms. The van der Waals surface area contributed by atoms with Gasteiger partial charge in [-0.1, -0.05) is 0 Å². The van der Waals surface area contributed by atoms with Gasteiger partial charge in [0.05, 0.1) is 18.1 Å². The second-order valence-corrected chi connectivity index (χ2v) is 6.54. The maximum atomic E-state index is 12.5. The zero-order valence-corrected chi connectivity index (χ0v) is 10.5. The van der Waals surface area contributed by atoms with Crippen LogP contribution >= 0.6 is 0 Å². The van der Waals surface area contributed by atoms with Crippen LogP contribution in [0.5, 0.6) is 0 Å². The van der Waals surface area contributed by atoms with Gasteiger partial charge >= 0.3 is 0 Å². The smallest absolute Gasteiger partial charge is 0.229 e. The van der Waals surface area contributed by atoms with Gasteiger partial charge in [-0.25, -0.2) is 0 Å². The van der Waals surface area contributed by atoms with Gasteiger partial charge in [0.15, 0.2) is 0 Å². The molecule has 4 rings (SSSR count). The molecule has 17 heavy (non-hydrogen) atoms. The van der Waals surface area contributed by atoms with Crippen molar-refractivity contribution >= 4 is 5.91 Å². The van der Waals surface area contributed by atoms with Crippen molar-refractivity contribution in [2.75, 3.05) is 0 Å². The van der Waals surface area contributed by atoms with Crippen molar-refractivity contribution in [3.8, 4) is 0 Å². The van der Waals surface area contributed by atoms with Crippen molar-refractivity contribution < 1.29 is 14.6 Å². The van der Waals surface area contributed by atoms with Crippen LogP contribution in [0.3, 0.4) is 0 Å². The molecule has 0 unspecified atom stereocenters. The van der Waals surface area contributed by atoms with E-state index in [9.17, 15) is 9.90 Å². The highest BCUT2D eigenvalue weighted by Crippen LogP contribution is 2.67. The number of carbonyl (C=O) groups is 1. The molecule has 4 heteroatoms. The first-order valence-electron chi connectivity index (χ1n) is 6.66. The zero-order valence-electron chi connectivity index (χ0n) is 10.5. The lowest BCUT2D eigenvalue weighted by atomic mass is 9.77. The Bertz CT molecular complexity index is 409. The third kappa shape index (κ3) is 0.868. The Morgan fingerprint density at radius 1 is 1.47 bits per heavy atom. The van der Waals surface area contributed by atoms with Gasteiger partial charge in [-0.15, -0.1) is 0 Å². The Balaban J connectivity index is 1.86. The highest BCUT2D eigenvalue weighted by molar-refractivity contribution is 5.84. The molecule has 2 aliphatic carbocycles. The Hall–Kier alpha value is -0.610. The molecule has 2 heterocycles. The normalized spacial score (nSPS) is 58.9. The highest BCUT2D eigenvalue weighted by Gasteiger charge is 2.77. The van der Waals surface area contributed by atoms with Gasteiger partial charge in [0, 0.05) is 12.0 Å². The SMILES string of the molecule is CC(C)N1C(=O)[C@@H]2[C@H]3C[C@H]4[C@H](O[C@]1(C)[C@H]42)[C@@H]3O. The molecular weight excluding hydrogens is 218 g/mol. The highest BCUT2D eigenvalue weighted by atomic mass is 16.6. The summed E-state index contributed by atoms with van der Waals surface area (Å²) in [5.74, 6) is 1.08. The largest absolute Gasteiger partial charge is 0.390 e. The molecule has 2 saturated heterocycles. The van der Waals surface area contributed by atoms with Crippen LogP contribution in [-0.4, -0.2) is 39.9 Å². The van der Waals surface area contributed by atoms with Crippen LogP contribution < -0.4 is 0 Å². The molecule has 4 nitrogen and oxygen atoms in total. The van der Waals surface area contributed by atoms with Gasteiger partial charge in [-0.3, -0.25) is 4.79 Å². The molecule has 2 aliphatic heterocycles. The molecule has 0 radical (unpaired) electrons. The number of amides is 1. The first-order valence-corrected chi connectivity index (χ1v) is 6.66. The van der Waals surface area contributed by atoms with E-state index in [2.05, 4.69) is 0 Å². The van der Waals surface area contributed by atoms with Gasteiger partial charge in [0.2, 0.25) is 5.91 Å². The van der Waals surface area contributed by atoms with Crippen LogP contribution in [0.2, 0.25) is 0 Å². The molecule has 7 atom stereocenters. The van der Waals surface area contributed by atoms with Crippen molar-refractivity contribution in [2.45, 2.75) is 51.2 Å². The maximum Gasteiger partial charge on any atom is 0.229 e. The van der Waals surface area contributed by atoms with Crippen LogP contribution in [-0.2, 0) is 9.53 Å². The molecule has 4 aliphatic rings. The molecule has 2 bridgehead atoms. The van der Waals surface area contributed by atoms with Crippen LogP contribution in [0, 0.1) is 23.7 Å². The summed E-state index contributed by atoms with van der Waals surface area (Å²) in [4.78, 5) is 14.5. The Kier molecular flexibility index (Phi) is 1.64. The van der Waals surface area contributed by atoms with E-state index in [1.807, 2.05) is 25.7 Å². The van der Waals surface area contributed by atoms with Crippen LogP contribution in [0.25, 0.3) is 0 Å². The number of aliphatic hydroxyl groups is 1. The fraction of sp³-hybridized carbons (Fsp3) is 0.923. The van der Waals surface area contributed by atoms with Crippen molar-refractivity contribution in [3.05, 3.63) is 0 Å². The van der Waals surface area contributed by atoms with E-state index >= 15 is 0 Å². The Labute approximate surface area is 101 Å². The molecule has 1 N–H and O–H groups in total. The summed E-state index contributed by atoms with van der Waals surface area (Å²) in [6, 6.07) is 0.174. The fourth-order valence-electron chi connectivity index (χ4n) is 5.27. The van der Waals surface area contributed by atoms with E-state index < -0.39 is 11.8 Å². The van der Waals surface area contributed by atoms with E-state index in [0.29, 0.717) is 11.8 Å². The quantitative estimate of drug-likeness (QED) is 0.726. The summed E-state index contributed by atoms with van der Waals surface area (Å²) in [6.07, 6.45) is 0.538. The van der Waals surface area contributed by atoms with Crippen molar-refractivity contribution in [3.63, 3.8) is 0 Å². The molecule has 0 aromatic heterocycles.